The number of halogens is 1. The summed E-state index contributed by atoms with van der Waals surface area (Å²) in [6.07, 6.45) is 4.52. The van der Waals surface area contributed by atoms with E-state index in [0.717, 1.165) is 33.9 Å². The largest absolute Gasteiger partial charge is 0.313 e. The van der Waals surface area contributed by atoms with Gasteiger partial charge in [-0.3, -0.25) is 4.79 Å². The fourth-order valence-electron chi connectivity index (χ4n) is 3.64. The van der Waals surface area contributed by atoms with Crippen LogP contribution in [0.15, 0.2) is 48.5 Å². The Morgan fingerprint density at radius 1 is 1.00 bits per heavy atom. The van der Waals surface area contributed by atoms with Crippen LogP contribution in [0.25, 0.3) is 20.8 Å². The molecule has 1 N–H and O–H groups in total. The van der Waals surface area contributed by atoms with Gasteiger partial charge in [0.05, 0.1) is 10.2 Å². The van der Waals surface area contributed by atoms with E-state index in [1.807, 2.05) is 18.2 Å². The lowest BCUT2D eigenvalue weighted by molar-refractivity contribution is 0.102. The van der Waals surface area contributed by atoms with Gasteiger partial charge in [-0.2, -0.15) is 0 Å². The third-order valence-corrected chi connectivity index (χ3v) is 7.53. The van der Waals surface area contributed by atoms with E-state index in [0.29, 0.717) is 10.6 Å². The fraction of sp³-hybridized carbons (Fsp3) is 0.182. The van der Waals surface area contributed by atoms with Gasteiger partial charge in [-0.05, 0) is 67.6 Å². The lowest BCUT2D eigenvalue weighted by Gasteiger charge is -2.11. The van der Waals surface area contributed by atoms with Crippen LogP contribution in [0.5, 0.6) is 0 Å². The van der Waals surface area contributed by atoms with Crippen molar-refractivity contribution in [3.63, 3.8) is 0 Å². The number of para-hydroxylation sites is 1. The predicted molar refractivity (Wildman–Crippen MR) is 119 cm³/mol. The second kappa shape index (κ2) is 7.32. The summed E-state index contributed by atoms with van der Waals surface area (Å²) in [5, 5.41) is 5.67. The van der Waals surface area contributed by atoms with E-state index in [1.165, 1.54) is 28.0 Å². The first-order chi connectivity index (χ1) is 13.7. The number of rotatable bonds is 3. The number of anilines is 1. The van der Waals surface area contributed by atoms with Gasteiger partial charge in [-0.25, -0.2) is 4.98 Å². The number of carbonyl (C=O) groups excluding carboxylic acids is 1. The van der Waals surface area contributed by atoms with E-state index in [9.17, 15) is 4.79 Å². The third kappa shape index (κ3) is 3.24. The molecule has 1 amide bonds. The summed E-state index contributed by atoms with van der Waals surface area (Å²) in [4.78, 5) is 19.1. The maximum Gasteiger partial charge on any atom is 0.256 e. The molecule has 0 saturated carbocycles. The van der Waals surface area contributed by atoms with Crippen LogP contribution >= 0.6 is 34.3 Å². The molecule has 0 atom stereocenters. The Morgan fingerprint density at radius 3 is 2.61 bits per heavy atom. The van der Waals surface area contributed by atoms with Crippen molar-refractivity contribution in [2.24, 2.45) is 0 Å². The lowest BCUT2D eigenvalue weighted by Crippen LogP contribution is -2.11. The molecule has 0 spiro atoms. The van der Waals surface area contributed by atoms with Crippen molar-refractivity contribution < 1.29 is 4.79 Å². The number of aromatic nitrogens is 1. The first-order valence-corrected chi connectivity index (χ1v) is 11.3. The predicted octanol–water partition coefficient (Wildman–Crippen LogP) is 6.81. The average Bonchev–Trinajstić information content (AvgIpc) is 3.28. The summed E-state index contributed by atoms with van der Waals surface area (Å²) in [7, 11) is 0. The summed E-state index contributed by atoms with van der Waals surface area (Å²) in [5.41, 5.74) is 4.09. The Kier molecular flexibility index (Phi) is 4.67. The van der Waals surface area contributed by atoms with Gasteiger partial charge < -0.3 is 5.32 Å². The molecule has 1 aliphatic rings. The molecule has 0 unspecified atom stereocenters. The van der Waals surface area contributed by atoms with Gasteiger partial charge in [0, 0.05) is 21.0 Å². The molecule has 6 heteroatoms. The summed E-state index contributed by atoms with van der Waals surface area (Å²) in [5.74, 6) is -0.113. The molecule has 5 rings (SSSR count). The van der Waals surface area contributed by atoms with Gasteiger partial charge in [0.1, 0.15) is 10.0 Å². The molecule has 3 nitrogen and oxygen atoms in total. The maximum absolute atomic E-state index is 12.8. The van der Waals surface area contributed by atoms with E-state index >= 15 is 0 Å². The molecular formula is C22H17ClN2OS2. The van der Waals surface area contributed by atoms with Gasteiger partial charge in [0.15, 0.2) is 0 Å². The maximum atomic E-state index is 12.8. The average molecular weight is 425 g/mol. The highest BCUT2D eigenvalue weighted by atomic mass is 35.5. The van der Waals surface area contributed by atoms with E-state index in [4.69, 9.17) is 16.6 Å². The minimum atomic E-state index is -0.113. The van der Waals surface area contributed by atoms with Gasteiger partial charge in [0.25, 0.3) is 5.91 Å². The van der Waals surface area contributed by atoms with Crippen molar-refractivity contribution >= 4 is 55.4 Å². The number of hydrogen-bond donors (Lipinski definition) is 1. The van der Waals surface area contributed by atoms with Crippen LogP contribution in [0, 0.1) is 0 Å². The van der Waals surface area contributed by atoms with Crippen LogP contribution in [-0.4, -0.2) is 10.9 Å². The first kappa shape index (κ1) is 17.9. The molecule has 28 heavy (non-hydrogen) atoms. The Balaban J connectivity index is 1.58. The standard InChI is InChI=1S/C22H17ClN2OS2/c23-14-11-9-13(10-12-14)20(26)25-22-19(15-5-1-3-7-17(15)27-22)21-24-16-6-2-4-8-18(16)28-21/h2,4,6,8-12H,1,3,5,7H2,(H,25,26). The smallest absolute Gasteiger partial charge is 0.256 e. The van der Waals surface area contributed by atoms with Crippen LogP contribution in [0.3, 0.4) is 0 Å². The molecular weight excluding hydrogens is 408 g/mol. The second-order valence-electron chi connectivity index (χ2n) is 6.86. The minimum absolute atomic E-state index is 0.113. The molecule has 2 heterocycles. The molecule has 0 aliphatic heterocycles. The number of aryl methyl sites for hydroxylation is 1. The summed E-state index contributed by atoms with van der Waals surface area (Å²) >= 11 is 9.35. The molecule has 0 radical (unpaired) electrons. The van der Waals surface area contributed by atoms with Crippen LogP contribution < -0.4 is 5.32 Å². The molecule has 0 fully saturated rings. The fourth-order valence-corrected chi connectivity index (χ4v) is 6.16. The Labute approximate surface area is 176 Å². The normalized spacial score (nSPS) is 13.5. The number of thiazole rings is 1. The number of fused-ring (bicyclic) bond motifs is 2. The van der Waals surface area contributed by atoms with Crippen LogP contribution in [0.2, 0.25) is 5.02 Å². The van der Waals surface area contributed by atoms with Gasteiger partial charge >= 0.3 is 0 Å². The van der Waals surface area contributed by atoms with Crippen LogP contribution in [0.4, 0.5) is 5.00 Å². The molecule has 2 aromatic carbocycles. The van der Waals surface area contributed by atoms with E-state index < -0.39 is 0 Å². The first-order valence-electron chi connectivity index (χ1n) is 9.26. The number of nitrogens with zero attached hydrogens (tertiary/aromatic N) is 1. The van der Waals surface area contributed by atoms with Gasteiger partial charge in [0.2, 0.25) is 0 Å². The van der Waals surface area contributed by atoms with Crippen LogP contribution in [-0.2, 0) is 12.8 Å². The minimum Gasteiger partial charge on any atom is -0.313 e. The second-order valence-corrected chi connectivity index (χ2v) is 9.44. The van der Waals surface area contributed by atoms with Crippen molar-refractivity contribution in [3.05, 3.63) is 69.6 Å². The topological polar surface area (TPSA) is 42.0 Å². The molecule has 4 aromatic rings. The monoisotopic (exact) mass is 424 g/mol. The zero-order chi connectivity index (χ0) is 19.1. The number of carbonyl (C=O) groups is 1. The van der Waals surface area contributed by atoms with Crippen molar-refractivity contribution in [3.8, 4) is 10.6 Å². The third-order valence-electron chi connectivity index (χ3n) is 5.01. The van der Waals surface area contributed by atoms with Crippen LogP contribution in [0.1, 0.15) is 33.6 Å². The summed E-state index contributed by atoms with van der Waals surface area (Å²) < 4.78 is 1.17. The van der Waals surface area contributed by atoms with E-state index in [1.54, 1.807) is 46.9 Å². The van der Waals surface area contributed by atoms with Crippen molar-refractivity contribution in [2.75, 3.05) is 5.32 Å². The molecule has 2 aromatic heterocycles. The van der Waals surface area contributed by atoms with E-state index in [2.05, 4.69) is 11.4 Å². The number of benzene rings is 2. The van der Waals surface area contributed by atoms with Crippen molar-refractivity contribution in [1.29, 1.82) is 0 Å². The van der Waals surface area contributed by atoms with E-state index in [-0.39, 0.29) is 5.91 Å². The quantitative estimate of drug-likeness (QED) is 0.392. The summed E-state index contributed by atoms with van der Waals surface area (Å²) in [6.45, 7) is 0. The lowest BCUT2D eigenvalue weighted by atomic mass is 9.95. The zero-order valence-corrected chi connectivity index (χ0v) is 17.4. The molecule has 1 aliphatic carbocycles. The highest BCUT2D eigenvalue weighted by Gasteiger charge is 2.25. The Hall–Kier alpha value is -2.21. The summed E-state index contributed by atoms with van der Waals surface area (Å²) in [6, 6.07) is 15.2. The highest BCUT2D eigenvalue weighted by molar-refractivity contribution is 7.23. The molecule has 0 bridgehead atoms. The Morgan fingerprint density at radius 2 is 1.79 bits per heavy atom. The van der Waals surface area contributed by atoms with Crippen molar-refractivity contribution in [2.45, 2.75) is 25.7 Å². The highest BCUT2D eigenvalue weighted by Crippen LogP contribution is 2.46. The zero-order valence-electron chi connectivity index (χ0n) is 15.0. The number of thiophene rings is 1. The number of hydrogen-bond acceptors (Lipinski definition) is 4. The van der Waals surface area contributed by atoms with Crippen molar-refractivity contribution in [1.82, 2.24) is 4.98 Å². The number of nitrogens with one attached hydrogen (secondary N) is 1. The SMILES string of the molecule is O=C(Nc1sc2c(c1-c1nc3ccccc3s1)CCCC2)c1ccc(Cl)cc1. The van der Waals surface area contributed by atoms with Gasteiger partial charge in [-0.15, -0.1) is 22.7 Å². The molecule has 140 valence electrons. The number of amides is 1. The molecule has 0 saturated heterocycles. The Bertz CT molecular complexity index is 1140. The van der Waals surface area contributed by atoms with Gasteiger partial charge in [-0.1, -0.05) is 23.7 Å².